The van der Waals surface area contributed by atoms with Crippen LogP contribution in [-0.2, 0) is 6.54 Å². The molecular weight excluding hydrogens is 308 g/mol. The van der Waals surface area contributed by atoms with E-state index in [1.54, 1.807) is 13.2 Å². The Hall–Kier alpha value is -1.98. The number of hydrogen-bond donors (Lipinski definition) is 2. The van der Waals surface area contributed by atoms with E-state index in [2.05, 4.69) is 17.4 Å². The van der Waals surface area contributed by atoms with E-state index in [-0.39, 0.29) is 0 Å². The number of thioether (sulfide) groups is 1. The fourth-order valence-electron chi connectivity index (χ4n) is 2.79. The molecule has 2 aromatic rings. The summed E-state index contributed by atoms with van der Waals surface area (Å²) in [6.07, 6.45) is 1.07. The van der Waals surface area contributed by atoms with Gasteiger partial charge < -0.3 is 15.8 Å². The molecule has 2 aromatic carbocycles. The minimum Gasteiger partial charge on any atom is -0.497 e. The van der Waals surface area contributed by atoms with Crippen LogP contribution in [-0.4, -0.2) is 18.8 Å². The molecular formula is C18H20N2O2S. The van der Waals surface area contributed by atoms with Crippen LogP contribution >= 0.6 is 11.8 Å². The standard InChI is InChI=1S/C18H20N2O2S/c1-22-14-5-6-17-15(10-14)16(7-8-23-17)20-11-12-3-2-4-13(9-12)18(19)21/h2-6,9-10,16,20H,7-8,11H2,1H3,(H2,19,21). The first-order valence-electron chi connectivity index (χ1n) is 7.60. The lowest BCUT2D eigenvalue weighted by atomic mass is 10.0. The number of amides is 1. The molecule has 4 nitrogen and oxygen atoms in total. The first-order valence-corrected chi connectivity index (χ1v) is 8.59. The van der Waals surface area contributed by atoms with Gasteiger partial charge in [-0.05, 0) is 53.6 Å². The summed E-state index contributed by atoms with van der Waals surface area (Å²) in [7, 11) is 1.69. The van der Waals surface area contributed by atoms with Crippen LogP contribution in [0.5, 0.6) is 5.75 Å². The van der Waals surface area contributed by atoms with Gasteiger partial charge in [0.05, 0.1) is 7.11 Å². The van der Waals surface area contributed by atoms with Gasteiger partial charge in [-0.15, -0.1) is 11.8 Å². The number of methoxy groups -OCH3 is 1. The summed E-state index contributed by atoms with van der Waals surface area (Å²) in [4.78, 5) is 12.6. The molecule has 5 heteroatoms. The molecule has 23 heavy (non-hydrogen) atoms. The maximum absolute atomic E-state index is 11.3. The third kappa shape index (κ3) is 3.68. The molecule has 1 amide bonds. The van der Waals surface area contributed by atoms with E-state index in [0.29, 0.717) is 18.2 Å². The Kier molecular flexibility index (Phi) is 4.88. The Balaban J connectivity index is 1.75. The maximum atomic E-state index is 11.3. The zero-order valence-electron chi connectivity index (χ0n) is 13.0. The lowest BCUT2D eigenvalue weighted by molar-refractivity contribution is 0.1000. The van der Waals surface area contributed by atoms with Crippen molar-refractivity contribution in [2.45, 2.75) is 23.9 Å². The van der Waals surface area contributed by atoms with Crippen LogP contribution in [0.25, 0.3) is 0 Å². The van der Waals surface area contributed by atoms with Gasteiger partial charge in [-0.3, -0.25) is 4.79 Å². The Morgan fingerprint density at radius 2 is 2.22 bits per heavy atom. The molecule has 1 heterocycles. The second kappa shape index (κ2) is 7.06. The molecule has 0 radical (unpaired) electrons. The first-order chi connectivity index (χ1) is 11.2. The van der Waals surface area contributed by atoms with Crippen molar-refractivity contribution in [2.75, 3.05) is 12.9 Å². The number of nitrogens with one attached hydrogen (secondary N) is 1. The predicted molar refractivity (Wildman–Crippen MR) is 92.9 cm³/mol. The summed E-state index contributed by atoms with van der Waals surface area (Å²) in [5.74, 6) is 1.59. The Bertz CT molecular complexity index is 718. The van der Waals surface area contributed by atoms with Gasteiger partial charge in [-0.2, -0.15) is 0 Å². The second-order valence-electron chi connectivity index (χ2n) is 5.54. The fraction of sp³-hybridized carbons (Fsp3) is 0.278. The van der Waals surface area contributed by atoms with Crippen LogP contribution in [0.3, 0.4) is 0 Å². The fourth-order valence-corrected chi connectivity index (χ4v) is 3.89. The van der Waals surface area contributed by atoms with Gasteiger partial charge in [-0.1, -0.05) is 12.1 Å². The lowest BCUT2D eigenvalue weighted by Crippen LogP contribution is -2.24. The number of hydrogen-bond acceptors (Lipinski definition) is 4. The highest BCUT2D eigenvalue weighted by molar-refractivity contribution is 7.99. The summed E-state index contributed by atoms with van der Waals surface area (Å²) in [5.41, 5.74) is 8.23. The average molecular weight is 328 g/mol. The molecule has 0 aromatic heterocycles. The maximum Gasteiger partial charge on any atom is 0.248 e. The molecule has 1 aliphatic rings. The molecule has 1 unspecified atom stereocenters. The van der Waals surface area contributed by atoms with Gasteiger partial charge >= 0.3 is 0 Å². The summed E-state index contributed by atoms with van der Waals surface area (Å²) in [5, 5.41) is 3.59. The van der Waals surface area contributed by atoms with Crippen LogP contribution in [0.15, 0.2) is 47.4 Å². The van der Waals surface area contributed by atoms with Crippen LogP contribution < -0.4 is 15.8 Å². The number of rotatable bonds is 5. The quantitative estimate of drug-likeness (QED) is 0.885. The minimum atomic E-state index is -0.393. The number of fused-ring (bicyclic) bond motifs is 1. The zero-order valence-corrected chi connectivity index (χ0v) is 13.9. The number of carbonyl (C=O) groups excluding carboxylic acids is 1. The zero-order chi connectivity index (χ0) is 16.2. The van der Waals surface area contributed by atoms with Crippen molar-refractivity contribution in [3.05, 3.63) is 59.2 Å². The summed E-state index contributed by atoms with van der Waals surface area (Å²) in [6.45, 7) is 0.701. The SMILES string of the molecule is COc1ccc2c(c1)C(NCc1cccc(C(N)=O)c1)CCS2. The number of benzene rings is 2. The van der Waals surface area contributed by atoms with Crippen molar-refractivity contribution in [1.29, 1.82) is 0 Å². The first kappa shape index (κ1) is 15.9. The molecule has 0 fully saturated rings. The van der Waals surface area contributed by atoms with E-state index in [4.69, 9.17) is 10.5 Å². The number of ether oxygens (including phenoxy) is 1. The predicted octanol–water partition coefficient (Wildman–Crippen LogP) is 3.12. The van der Waals surface area contributed by atoms with Crippen LogP contribution in [0, 0.1) is 0 Å². The monoisotopic (exact) mass is 328 g/mol. The van der Waals surface area contributed by atoms with E-state index in [9.17, 15) is 4.79 Å². The van der Waals surface area contributed by atoms with Gasteiger partial charge in [-0.25, -0.2) is 0 Å². The Morgan fingerprint density at radius 3 is 3.00 bits per heavy atom. The summed E-state index contributed by atoms with van der Waals surface area (Å²) >= 11 is 1.88. The smallest absolute Gasteiger partial charge is 0.248 e. The topological polar surface area (TPSA) is 64.3 Å². The number of nitrogens with two attached hydrogens (primary N) is 1. The highest BCUT2D eigenvalue weighted by atomic mass is 32.2. The third-order valence-corrected chi connectivity index (χ3v) is 5.14. The van der Waals surface area contributed by atoms with Crippen LogP contribution in [0.4, 0.5) is 0 Å². The van der Waals surface area contributed by atoms with E-state index >= 15 is 0 Å². The summed E-state index contributed by atoms with van der Waals surface area (Å²) in [6, 6.07) is 14.0. The minimum absolute atomic E-state index is 0.290. The molecule has 0 saturated carbocycles. The molecule has 1 atom stereocenters. The van der Waals surface area contributed by atoms with E-state index in [0.717, 1.165) is 23.5 Å². The second-order valence-corrected chi connectivity index (χ2v) is 6.68. The number of carbonyl (C=O) groups is 1. The highest BCUT2D eigenvalue weighted by Crippen LogP contribution is 2.38. The van der Waals surface area contributed by atoms with Crippen molar-refractivity contribution in [2.24, 2.45) is 5.73 Å². The molecule has 0 bridgehead atoms. The van der Waals surface area contributed by atoms with Gasteiger partial charge in [0, 0.05) is 23.0 Å². The molecule has 3 rings (SSSR count). The highest BCUT2D eigenvalue weighted by Gasteiger charge is 2.21. The van der Waals surface area contributed by atoms with Gasteiger partial charge in [0.25, 0.3) is 0 Å². The number of primary amides is 1. The van der Waals surface area contributed by atoms with Crippen molar-refractivity contribution in [1.82, 2.24) is 5.32 Å². The Labute approximate surface area is 140 Å². The molecule has 0 spiro atoms. The third-order valence-electron chi connectivity index (χ3n) is 4.02. The van der Waals surface area contributed by atoms with Crippen LogP contribution in [0.1, 0.15) is 33.9 Å². The van der Waals surface area contributed by atoms with Crippen LogP contribution in [0.2, 0.25) is 0 Å². The van der Waals surface area contributed by atoms with E-state index in [1.165, 1.54) is 10.5 Å². The van der Waals surface area contributed by atoms with Gasteiger partial charge in [0.15, 0.2) is 0 Å². The van der Waals surface area contributed by atoms with E-state index in [1.807, 2.05) is 36.0 Å². The normalized spacial score (nSPS) is 16.7. The molecule has 120 valence electrons. The largest absolute Gasteiger partial charge is 0.497 e. The van der Waals surface area contributed by atoms with Crippen molar-refractivity contribution in [3.8, 4) is 5.75 Å². The van der Waals surface area contributed by atoms with E-state index < -0.39 is 5.91 Å². The molecule has 3 N–H and O–H groups in total. The average Bonchev–Trinajstić information content (AvgIpc) is 2.59. The van der Waals surface area contributed by atoms with Crippen molar-refractivity contribution >= 4 is 17.7 Å². The van der Waals surface area contributed by atoms with Crippen molar-refractivity contribution in [3.63, 3.8) is 0 Å². The van der Waals surface area contributed by atoms with Gasteiger partial charge in [0.2, 0.25) is 5.91 Å². The molecule has 0 aliphatic carbocycles. The lowest BCUT2D eigenvalue weighted by Gasteiger charge is -2.26. The summed E-state index contributed by atoms with van der Waals surface area (Å²) < 4.78 is 5.35. The molecule has 1 aliphatic heterocycles. The van der Waals surface area contributed by atoms with Crippen molar-refractivity contribution < 1.29 is 9.53 Å². The molecule has 0 saturated heterocycles. The Morgan fingerprint density at radius 1 is 1.35 bits per heavy atom. The van der Waals surface area contributed by atoms with Gasteiger partial charge in [0.1, 0.15) is 5.75 Å².